The van der Waals surface area contributed by atoms with Crippen LogP contribution in [-0.4, -0.2) is 32.3 Å². The summed E-state index contributed by atoms with van der Waals surface area (Å²) < 4.78 is 5.55. The Morgan fingerprint density at radius 3 is 3.00 bits per heavy atom. The van der Waals surface area contributed by atoms with Crippen molar-refractivity contribution < 1.29 is 4.74 Å². The van der Waals surface area contributed by atoms with E-state index >= 15 is 0 Å². The summed E-state index contributed by atoms with van der Waals surface area (Å²) in [5, 5.41) is 0. The van der Waals surface area contributed by atoms with Crippen molar-refractivity contribution in [3.63, 3.8) is 0 Å². The monoisotopic (exact) mass is 260 g/mol. The molecule has 3 rings (SSSR count). The summed E-state index contributed by atoms with van der Waals surface area (Å²) >= 11 is 0. The first kappa shape index (κ1) is 12.9. The van der Waals surface area contributed by atoms with Gasteiger partial charge in [-0.05, 0) is 37.9 Å². The molecule has 2 aliphatic heterocycles. The minimum Gasteiger partial charge on any atom is -0.381 e. The van der Waals surface area contributed by atoms with Gasteiger partial charge in [0.05, 0.1) is 6.61 Å². The third-order valence-corrected chi connectivity index (χ3v) is 4.76. The van der Waals surface area contributed by atoms with Gasteiger partial charge >= 0.3 is 0 Å². The fourth-order valence-corrected chi connectivity index (χ4v) is 3.55. The maximum absolute atomic E-state index is 5.77. The van der Waals surface area contributed by atoms with E-state index in [4.69, 9.17) is 10.5 Å². The maximum Gasteiger partial charge on any atom is 0.0514 e. The maximum atomic E-state index is 5.77. The van der Waals surface area contributed by atoms with Crippen molar-refractivity contribution in [1.29, 1.82) is 0 Å². The molecule has 1 aromatic carbocycles. The Kier molecular flexibility index (Phi) is 3.76. The average Bonchev–Trinajstić information content (AvgIpc) is 3.07. The summed E-state index contributed by atoms with van der Waals surface area (Å²) in [4.78, 5) is 2.58. The molecular weight excluding hydrogens is 236 g/mol. The predicted molar refractivity (Wildman–Crippen MR) is 78.6 cm³/mol. The number of anilines is 1. The molecule has 2 heterocycles. The smallest absolute Gasteiger partial charge is 0.0514 e. The number of para-hydroxylation sites is 1. The van der Waals surface area contributed by atoms with Crippen LogP contribution in [0.25, 0.3) is 0 Å². The molecule has 1 aromatic rings. The molecule has 0 aromatic heterocycles. The number of ether oxygens (including phenoxy) is 1. The van der Waals surface area contributed by atoms with Gasteiger partial charge in [-0.1, -0.05) is 18.2 Å². The highest BCUT2D eigenvalue weighted by Gasteiger charge is 2.34. The van der Waals surface area contributed by atoms with Gasteiger partial charge in [-0.2, -0.15) is 0 Å². The summed E-state index contributed by atoms with van der Waals surface area (Å²) in [7, 11) is 0. The number of hydrogen-bond donors (Lipinski definition) is 1. The number of nitrogens with two attached hydrogens (primary N) is 1. The van der Waals surface area contributed by atoms with Crippen molar-refractivity contribution in [2.75, 3.05) is 31.2 Å². The van der Waals surface area contributed by atoms with Gasteiger partial charge < -0.3 is 15.4 Å². The SMILES string of the molecule is CC(C1CCOC1)N1CC(CCN)c2ccccc21. The Morgan fingerprint density at radius 1 is 1.42 bits per heavy atom. The molecule has 1 saturated heterocycles. The molecule has 3 nitrogen and oxygen atoms in total. The molecule has 104 valence electrons. The Morgan fingerprint density at radius 2 is 2.26 bits per heavy atom. The summed E-state index contributed by atoms with van der Waals surface area (Å²) in [6.45, 7) is 6.08. The molecule has 3 atom stereocenters. The molecule has 19 heavy (non-hydrogen) atoms. The molecule has 0 bridgehead atoms. The number of rotatable bonds is 4. The topological polar surface area (TPSA) is 38.5 Å². The van der Waals surface area contributed by atoms with Gasteiger partial charge in [0, 0.05) is 36.7 Å². The lowest BCUT2D eigenvalue weighted by Gasteiger charge is -2.31. The largest absolute Gasteiger partial charge is 0.381 e. The summed E-state index contributed by atoms with van der Waals surface area (Å²) in [6.07, 6.45) is 2.28. The van der Waals surface area contributed by atoms with Crippen LogP contribution in [0.5, 0.6) is 0 Å². The predicted octanol–water partition coefficient (Wildman–Crippen LogP) is 2.36. The van der Waals surface area contributed by atoms with Crippen molar-refractivity contribution >= 4 is 5.69 Å². The number of fused-ring (bicyclic) bond motifs is 1. The molecule has 2 N–H and O–H groups in total. The molecule has 1 fully saturated rings. The zero-order valence-corrected chi connectivity index (χ0v) is 11.7. The molecule has 0 radical (unpaired) electrons. The second-order valence-electron chi connectivity index (χ2n) is 5.85. The van der Waals surface area contributed by atoms with E-state index in [1.54, 1.807) is 0 Å². The Balaban J connectivity index is 1.83. The molecule has 0 spiro atoms. The fourth-order valence-electron chi connectivity index (χ4n) is 3.55. The first-order valence-corrected chi connectivity index (χ1v) is 7.44. The summed E-state index contributed by atoms with van der Waals surface area (Å²) in [5.41, 5.74) is 8.67. The van der Waals surface area contributed by atoms with Crippen LogP contribution in [0.4, 0.5) is 5.69 Å². The van der Waals surface area contributed by atoms with Gasteiger partial charge in [0.15, 0.2) is 0 Å². The first-order chi connectivity index (χ1) is 9.31. The molecule has 0 saturated carbocycles. The van der Waals surface area contributed by atoms with Crippen molar-refractivity contribution in [3.8, 4) is 0 Å². The minimum atomic E-state index is 0.562. The zero-order chi connectivity index (χ0) is 13.2. The van der Waals surface area contributed by atoms with Crippen LogP contribution in [0.3, 0.4) is 0 Å². The Bertz CT molecular complexity index is 429. The van der Waals surface area contributed by atoms with E-state index < -0.39 is 0 Å². The lowest BCUT2D eigenvalue weighted by Crippen LogP contribution is -2.38. The average molecular weight is 260 g/mol. The minimum absolute atomic E-state index is 0.562. The molecule has 3 unspecified atom stereocenters. The zero-order valence-electron chi connectivity index (χ0n) is 11.7. The van der Waals surface area contributed by atoms with Crippen molar-refractivity contribution in [2.24, 2.45) is 11.7 Å². The van der Waals surface area contributed by atoms with Gasteiger partial charge in [0.2, 0.25) is 0 Å². The number of benzene rings is 1. The first-order valence-electron chi connectivity index (χ1n) is 7.44. The van der Waals surface area contributed by atoms with Crippen LogP contribution < -0.4 is 10.6 Å². The van der Waals surface area contributed by atoms with Crippen LogP contribution in [-0.2, 0) is 4.74 Å². The number of nitrogens with zero attached hydrogens (tertiary/aromatic N) is 1. The van der Waals surface area contributed by atoms with E-state index in [0.29, 0.717) is 17.9 Å². The van der Waals surface area contributed by atoms with Gasteiger partial charge in [-0.15, -0.1) is 0 Å². The van der Waals surface area contributed by atoms with E-state index in [2.05, 4.69) is 36.1 Å². The van der Waals surface area contributed by atoms with Gasteiger partial charge in [0.1, 0.15) is 0 Å². The Labute approximate surface area is 115 Å². The molecule has 0 amide bonds. The van der Waals surface area contributed by atoms with Crippen LogP contribution in [0.15, 0.2) is 24.3 Å². The highest BCUT2D eigenvalue weighted by Crippen LogP contribution is 2.40. The molecule has 3 heteroatoms. The van der Waals surface area contributed by atoms with E-state index in [0.717, 1.165) is 32.7 Å². The third kappa shape index (κ3) is 2.37. The van der Waals surface area contributed by atoms with Crippen LogP contribution in [0, 0.1) is 5.92 Å². The highest BCUT2D eigenvalue weighted by atomic mass is 16.5. The van der Waals surface area contributed by atoms with Crippen molar-refractivity contribution in [1.82, 2.24) is 0 Å². The second-order valence-corrected chi connectivity index (χ2v) is 5.85. The van der Waals surface area contributed by atoms with Crippen molar-refractivity contribution in [2.45, 2.75) is 31.7 Å². The van der Waals surface area contributed by atoms with Crippen LogP contribution >= 0.6 is 0 Å². The lowest BCUT2D eigenvalue weighted by molar-refractivity contribution is 0.181. The third-order valence-electron chi connectivity index (χ3n) is 4.76. The standard InChI is InChI=1S/C16H24N2O/c1-12(14-7-9-19-11-14)18-10-13(6-8-17)15-4-2-3-5-16(15)18/h2-5,12-14H,6-11,17H2,1H3. The van der Waals surface area contributed by atoms with Crippen molar-refractivity contribution in [3.05, 3.63) is 29.8 Å². The van der Waals surface area contributed by atoms with E-state index in [-0.39, 0.29) is 0 Å². The molecular formula is C16H24N2O. The van der Waals surface area contributed by atoms with E-state index in [1.807, 2.05) is 0 Å². The second kappa shape index (κ2) is 5.51. The highest BCUT2D eigenvalue weighted by molar-refractivity contribution is 5.61. The van der Waals surface area contributed by atoms with Gasteiger partial charge in [0.25, 0.3) is 0 Å². The van der Waals surface area contributed by atoms with Crippen LogP contribution in [0.2, 0.25) is 0 Å². The normalized spacial score (nSPS) is 27.6. The quantitative estimate of drug-likeness (QED) is 0.903. The van der Waals surface area contributed by atoms with Gasteiger partial charge in [-0.3, -0.25) is 0 Å². The Hall–Kier alpha value is -1.06. The summed E-state index contributed by atoms with van der Waals surface area (Å²) in [5.74, 6) is 1.27. The molecule has 2 aliphatic rings. The van der Waals surface area contributed by atoms with E-state index in [1.165, 1.54) is 17.7 Å². The number of hydrogen-bond acceptors (Lipinski definition) is 3. The van der Waals surface area contributed by atoms with Gasteiger partial charge in [-0.25, -0.2) is 0 Å². The van der Waals surface area contributed by atoms with E-state index in [9.17, 15) is 0 Å². The lowest BCUT2D eigenvalue weighted by atomic mass is 9.98. The fraction of sp³-hybridized carbons (Fsp3) is 0.625. The molecule has 0 aliphatic carbocycles. The van der Waals surface area contributed by atoms with Crippen LogP contribution in [0.1, 0.15) is 31.2 Å². The summed E-state index contributed by atoms with van der Waals surface area (Å²) in [6, 6.07) is 9.39.